The molecule has 2 N–H and O–H groups in total. The van der Waals surface area contributed by atoms with Gasteiger partial charge in [-0.25, -0.2) is 4.98 Å². The number of benzene rings is 1. The summed E-state index contributed by atoms with van der Waals surface area (Å²) in [7, 11) is 1.62. The molecule has 1 aromatic carbocycles. The molecule has 0 bridgehead atoms. The van der Waals surface area contributed by atoms with Crippen LogP contribution in [0, 0.1) is 20.8 Å². The van der Waals surface area contributed by atoms with Gasteiger partial charge in [0.1, 0.15) is 17.3 Å². The second kappa shape index (κ2) is 4.60. The molecule has 18 heavy (non-hydrogen) atoms. The first kappa shape index (κ1) is 12.3. The van der Waals surface area contributed by atoms with Gasteiger partial charge in [0.05, 0.1) is 7.11 Å². The number of nitrogen functional groups attached to an aromatic ring is 1. The van der Waals surface area contributed by atoms with Gasteiger partial charge in [-0.05, 0) is 44.0 Å². The number of hydrogen-bond donors (Lipinski definition) is 1. The largest absolute Gasteiger partial charge is 0.496 e. The van der Waals surface area contributed by atoms with Crippen molar-refractivity contribution >= 4 is 5.82 Å². The first-order chi connectivity index (χ1) is 8.52. The molecule has 1 aromatic heterocycles. The minimum absolute atomic E-state index is 0.365. The van der Waals surface area contributed by atoms with E-state index in [0.29, 0.717) is 17.3 Å². The lowest BCUT2D eigenvalue weighted by Crippen LogP contribution is -2.03. The van der Waals surface area contributed by atoms with Crippen molar-refractivity contribution in [3.05, 3.63) is 29.1 Å². The highest BCUT2D eigenvalue weighted by atomic mass is 16.5. The van der Waals surface area contributed by atoms with Gasteiger partial charge in [-0.15, -0.1) is 10.2 Å². The number of aryl methyl sites for hydroxylation is 3. The van der Waals surface area contributed by atoms with Gasteiger partial charge in [-0.3, -0.25) is 0 Å². The molecule has 2 aromatic rings. The Balaban J connectivity index is 2.66. The SMILES string of the molecule is COc1cc(C)c(C)cc1-c1nnc(C)nc1N. The molecule has 0 aliphatic rings. The summed E-state index contributed by atoms with van der Waals surface area (Å²) in [5.41, 5.74) is 9.57. The summed E-state index contributed by atoms with van der Waals surface area (Å²) in [4.78, 5) is 4.13. The predicted molar refractivity (Wildman–Crippen MR) is 70.4 cm³/mol. The number of methoxy groups -OCH3 is 1. The molecule has 0 aliphatic heterocycles. The molecule has 0 radical (unpaired) electrons. The maximum Gasteiger partial charge on any atom is 0.154 e. The van der Waals surface area contributed by atoms with Crippen molar-refractivity contribution in [1.29, 1.82) is 0 Å². The van der Waals surface area contributed by atoms with Crippen molar-refractivity contribution < 1.29 is 4.74 Å². The molecule has 0 spiro atoms. The molecule has 0 saturated heterocycles. The summed E-state index contributed by atoms with van der Waals surface area (Å²) >= 11 is 0. The van der Waals surface area contributed by atoms with Crippen molar-refractivity contribution in [2.75, 3.05) is 12.8 Å². The quantitative estimate of drug-likeness (QED) is 0.875. The highest BCUT2D eigenvalue weighted by molar-refractivity contribution is 5.75. The summed E-state index contributed by atoms with van der Waals surface area (Å²) in [6.07, 6.45) is 0. The molecule has 0 fully saturated rings. The lowest BCUT2D eigenvalue weighted by molar-refractivity contribution is 0.416. The van der Waals surface area contributed by atoms with E-state index in [2.05, 4.69) is 15.2 Å². The number of nitrogens with zero attached hydrogens (tertiary/aromatic N) is 3. The molecule has 0 saturated carbocycles. The standard InChI is InChI=1S/C13H16N4O/c1-7-5-10(11(18-4)6-8(7)2)12-13(14)15-9(3)16-17-12/h5-6H,1-4H3,(H2,14,15,16). The van der Waals surface area contributed by atoms with Crippen LogP contribution in [0.2, 0.25) is 0 Å². The van der Waals surface area contributed by atoms with Gasteiger partial charge in [-0.1, -0.05) is 0 Å². The average molecular weight is 244 g/mol. The zero-order chi connectivity index (χ0) is 13.3. The molecule has 0 aliphatic carbocycles. The van der Waals surface area contributed by atoms with Gasteiger partial charge in [0.25, 0.3) is 0 Å². The van der Waals surface area contributed by atoms with E-state index >= 15 is 0 Å². The molecule has 0 atom stereocenters. The van der Waals surface area contributed by atoms with Gasteiger partial charge in [0, 0.05) is 5.56 Å². The summed E-state index contributed by atoms with van der Waals surface area (Å²) in [6, 6.07) is 3.96. The number of nitrogens with two attached hydrogens (primary N) is 1. The minimum atomic E-state index is 0.365. The summed E-state index contributed by atoms with van der Waals surface area (Å²) in [6.45, 7) is 5.82. The van der Waals surface area contributed by atoms with Crippen LogP contribution in [0.4, 0.5) is 5.82 Å². The van der Waals surface area contributed by atoms with Gasteiger partial charge in [0.2, 0.25) is 0 Å². The van der Waals surface area contributed by atoms with Crippen LogP contribution in [-0.2, 0) is 0 Å². The molecule has 5 heteroatoms. The van der Waals surface area contributed by atoms with Crippen LogP contribution in [0.1, 0.15) is 17.0 Å². The Morgan fingerprint density at radius 1 is 1.06 bits per heavy atom. The maximum absolute atomic E-state index is 5.90. The topological polar surface area (TPSA) is 73.9 Å². The molecule has 94 valence electrons. The molecule has 5 nitrogen and oxygen atoms in total. The molecular weight excluding hydrogens is 228 g/mol. The van der Waals surface area contributed by atoms with Crippen molar-refractivity contribution in [1.82, 2.24) is 15.2 Å². The summed E-state index contributed by atoms with van der Waals surface area (Å²) in [5, 5.41) is 8.06. The van der Waals surface area contributed by atoms with Gasteiger partial charge in [0.15, 0.2) is 5.82 Å². The van der Waals surface area contributed by atoms with E-state index in [9.17, 15) is 0 Å². The highest BCUT2D eigenvalue weighted by Crippen LogP contribution is 2.33. The van der Waals surface area contributed by atoms with E-state index in [1.807, 2.05) is 26.0 Å². The summed E-state index contributed by atoms with van der Waals surface area (Å²) in [5.74, 6) is 1.65. The number of rotatable bonds is 2. The number of ether oxygens (including phenoxy) is 1. The van der Waals surface area contributed by atoms with E-state index in [4.69, 9.17) is 10.5 Å². The van der Waals surface area contributed by atoms with Gasteiger partial charge >= 0.3 is 0 Å². The van der Waals surface area contributed by atoms with E-state index in [1.165, 1.54) is 0 Å². The van der Waals surface area contributed by atoms with Crippen LogP contribution in [0.5, 0.6) is 5.75 Å². The number of hydrogen-bond acceptors (Lipinski definition) is 5. The predicted octanol–water partition coefficient (Wildman–Crippen LogP) is 2.05. The molecule has 1 heterocycles. The van der Waals surface area contributed by atoms with Crippen LogP contribution >= 0.6 is 0 Å². The third-order valence-electron chi connectivity index (χ3n) is 2.89. The highest BCUT2D eigenvalue weighted by Gasteiger charge is 2.14. The third-order valence-corrected chi connectivity index (χ3v) is 2.89. The minimum Gasteiger partial charge on any atom is -0.496 e. The fourth-order valence-corrected chi connectivity index (χ4v) is 1.76. The van der Waals surface area contributed by atoms with Crippen LogP contribution < -0.4 is 10.5 Å². The molecule has 2 rings (SSSR count). The normalized spacial score (nSPS) is 10.4. The van der Waals surface area contributed by atoms with Crippen molar-refractivity contribution in [2.24, 2.45) is 0 Å². The van der Waals surface area contributed by atoms with Crippen LogP contribution in [0.3, 0.4) is 0 Å². The van der Waals surface area contributed by atoms with Crippen molar-refractivity contribution in [2.45, 2.75) is 20.8 Å². The Morgan fingerprint density at radius 3 is 2.33 bits per heavy atom. The average Bonchev–Trinajstić information content (AvgIpc) is 2.32. The zero-order valence-electron chi connectivity index (χ0n) is 11.0. The van der Waals surface area contributed by atoms with Crippen molar-refractivity contribution in [3.63, 3.8) is 0 Å². The first-order valence-electron chi connectivity index (χ1n) is 5.65. The zero-order valence-corrected chi connectivity index (χ0v) is 11.0. The van der Waals surface area contributed by atoms with Crippen LogP contribution in [-0.4, -0.2) is 22.3 Å². The van der Waals surface area contributed by atoms with Crippen LogP contribution in [0.15, 0.2) is 12.1 Å². The smallest absolute Gasteiger partial charge is 0.154 e. The Kier molecular flexibility index (Phi) is 3.14. The lowest BCUT2D eigenvalue weighted by Gasteiger charge is -2.12. The Hall–Kier alpha value is -2.17. The van der Waals surface area contributed by atoms with E-state index in [0.717, 1.165) is 22.4 Å². The molecule has 0 amide bonds. The van der Waals surface area contributed by atoms with Gasteiger partial charge < -0.3 is 10.5 Å². The molecular formula is C13H16N4O. The Labute approximate surface area is 106 Å². The van der Waals surface area contributed by atoms with Crippen molar-refractivity contribution in [3.8, 4) is 17.0 Å². The first-order valence-corrected chi connectivity index (χ1v) is 5.65. The third kappa shape index (κ3) is 2.11. The Morgan fingerprint density at radius 2 is 1.72 bits per heavy atom. The number of anilines is 1. The van der Waals surface area contributed by atoms with Gasteiger partial charge in [-0.2, -0.15) is 0 Å². The van der Waals surface area contributed by atoms with E-state index in [1.54, 1.807) is 14.0 Å². The van der Waals surface area contributed by atoms with Crippen LogP contribution in [0.25, 0.3) is 11.3 Å². The maximum atomic E-state index is 5.90. The van der Waals surface area contributed by atoms with E-state index < -0.39 is 0 Å². The fourth-order valence-electron chi connectivity index (χ4n) is 1.76. The fraction of sp³-hybridized carbons (Fsp3) is 0.308. The lowest BCUT2D eigenvalue weighted by atomic mass is 10.0. The number of aromatic nitrogens is 3. The van der Waals surface area contributed by atoms with E-state index in [-0.39, 0.29) is 0 Å². The molecule has 0 unspecified atom stereocenters. The summed E-state index contributed by atoms with van der Waals surface area (Å²) < 4.78 is 5.37. The second-order valence-corrected chi connectivity index (χ2v) is 4.23. The second-order valence-electron chi connectivity index (χ2n) is 4.23. The Bertz CT molecular complexity index is 596. The monoisotopic (exact) mass is 244 g/mol.